The lowest BCUT2D eigenvalue weighted by Crippen LogP contribution is -2.14. The monoisotopic (exact) mass is 244 g/mol. The normalized spacial score (nSPS) is 12.2. The first-order valence-electron chi connectivity index (χ1n) is 5.03. The Morgan fingerprint density at radius 1 is 1.29 bits per heavy atom. The van der Waals surface area contributed by atoms with E-state index in [2.05, 4.69) is 9.97 Å². The molecule has 0 aromatic carbocycles. The number of anilines is 1. The molecule has 0 saturated heterocycles. The van der Waals surface area contributed by atoms with Crippen molar-refractivity contribution in [3.05, 3.63) is 17.8 Å². The van der Waals surface area contributed by atoms with Gasteiger partial charge in [-0.3, -0.25) is 4.57 Å². The van der Waals surface area contributed by atoms with Crippen LogP contribution in [-0.4, -0.2) is 20.7 Å². The summed E-state index contributed by atoms with van der Waals surface area (Å²) in [5.74, 6) is 0.0577. The molecule has 2 heterocycles. The van der Waals surface area contributed by atoms with Crippen molar-refractivity contribution in [2.24, 2.45) is 0 Å². The SMILES string of the molecule is Cc1ccc2nc(N)n(CCC(F)(F)F)c2n1. The summed E-state index contributed by atoms with van der Waals surface area (Å²) in [5, 5.41) is 0. The van der Waals surface area contributed by atoms with Crippen molar-refractivity contribution in [1.82, 2.24) is 14.5 Å². The molecular formula is C10H11F3N4. The van der Waals surface area contributed by atoms with Crippen molar-refractivity contribution < 1.29 is 13.2 Å². The number of nitrogens with zero attached hydrogens (tertiary/aromatic N) is 3. The third-order valence-electron chi connectivity index (χ3n) is 2.38. The molecule has 2 aromatic rings. The summed E-state index contributed by atoms with van der Waals surface area (Å²) in [4.78, 5) is 8.12. The van der Waals surface area contributed by atoms with Crippen LogP contribution < -0.4 is 5.73 Å². The van der Waals surface area contributed by atoms with Crippen LogP contribution in [0.4, 0.5) is 19.1 Å². The van der Waals surface area contributed by atoms with Crippen molar-refractivity contribution in [2.45, 2.75) is 26.1 Å². The second-order valence-corrected chi connectivity index (χ2v) is 3.78. The lowest BCUT2D eigenvalue weighted by Gasteiger charge is -2.08. The summed E-state index contributed by atoms with van der Waals surface area (Å²) in [6.07, 6.45) is -5.16. The van der Waals surface area contributed by atoms with E-state index in [0.717, 1.165) is 0 Å². The molecule has 2 N–H and O–H groups in total. The van der Waals surface area contributed by atoms with E-state index in [9.17, 15) is 13.2 Å². The van der Waals surface area contributed by atoms with E-state index in [1.807, 2.05) is 0 Å². The molecule has 0 atom stereocenters. The number of fused-ring (bicyclic) bond motifs is 1. The lowest BCUT2D eigenvalue weighted by atomic mass is 10.3. The summed E-state index contributed by atoms with van der Waals surface area (Å²) >= 11 is 0. The van der Waals surface area contributed by atoms with Gasteiger partial charge in [0.05, 0.1) is 6.42 Å². The summed E-state index contributed by atoms with van der Waals surface area (Å²) in [5.41, 5.74) is 7.20. The van der Waals surface area contributed by atoms with Crippen LogP contribution in [0.5, 0.6) is 0 Å². The molecule has 0 unspecified atom stereocenters. The number of hydrogen-bond donors (Lipinski definition) is 1. The molecule has 0 fully saturated rings. The molecule has 0 aliphatic rings. The zero-order valence-corrected chi connectivity index (χ0v) is 9.12. The van der Waals surface area contributed by atoms with E-state index in [1.54, 1.807) is 19.1 Å². The van der Waals surface area contributed by atoms with E-state index in [1.165, 1.54) is 4.57 Å². The molecule has 0 aliphatic heterocycles. The third-order valence-corrected chi connectivity index (χ3v) is 2.38. The maximum absolute atomic E-state index is 12.2. The van der Waals surface area contributed by atoms with Crippen molar-refractivity contribution >= 4 is 17.1 Å². The molecule has 4 nitrogen and oxygen atoms in total. The van der Waals surface area contributed by atoms with Crippen LogP contribution in [0, 0.1) is 6.92 Å². The Kier molecular flexibility index (Phi) is 2.68. The van der Waals surface area contributed by atoms with Gasteiger partial charge in [0.25, 0.3) is 0 Å². The maximum atomic E-state index is 12.2. The van der Waals surface area contributed by atoms with Crippen molar-refractivity contribution in [3.63, 3.8) is 0 Å². The number of rotatable bonds is 2. The molecule has 7 heteroatoms. The van der Waals surface area contributed by atoms with Gasteiger partial charge < -0.3 is 5.73 Å². The zero-order valence-electron chi connectivity index (χ0n) is 9.12. The summed E-state index contributed by atoms with van der Waals surface area (Å²) in [7, 11) is 0. The second-order valence-electron chi connectivity index (χ2n) is 3.78. The average Bonchev–Trinajstić information content (AvgIpc) is 2.49. The van der Waals surface area contributed by atoms with Gasteiger partial charge >= 0.3 is 6.18 Å². The second kappa shape index (κ2) is 3.90. The number of imidazole rings is 1. The van der Waals surface area contributed by atoms with Crippen LogP contribution in [0.1, 0.15) is 12.1 Å². The van der Waals surface area contributed by atoms with Gasteiger partial charge in [-0.15, -0.1) is 0 Å². The highest BCUT2D eigenvalue weighted by molar-refractivity contribution is 5.74. The highest BCUT2D eigenvalue weighted by Gasteiger charge is 2.27. The Balaban J connectivity index is 2.38. The standard InChI is InChI=1S/C10H11F3N4/c1-6-2-3-7-8(15-6)17(9(14)16-7)5-4-10(11,12)13/h2-3H,4-5H2,1H3,(H2,14,16). The minimum Gasteiger partial charge on any atom is -0.369 e. The van der Waals surface area contributed by atoms with Crippen LogP contribution >= 0.6 is 0 Å². The number of hydrogen-bond acceptors (Lipinski definition) is 3. The Morgan fingerprint density at radius 2 is 2.00 bits per heavy atom. The Labute approximate surface area is 95.3 Å². The lowest BCUT2D eigenvalue weighted by molar-refractivity contribution is -0.136. The largest absolute Gasteiger partial charge is 0.390 e. The van der Waals surface area contributed by atoms with Crippen LogP contribution in [0.15, 0.2) is 12.1 Å². The minimum absolute atomic E-state index is 0.0577. The molecular weight excluding hydrogens is 233 g/mol. The molecule has 92 valence electrons. The quantitative estimate of drug-likeness (QED) is 0.881. The Morgan fingerprint density at radius 3 is 2.65 bits per heavy atom. The first kappa shape index (κ1) is 11.7. The Hall–Kier alpha value is -1.79. The molecule has 2 aromatic heterocycles. The Bertz CT molecular complexity index is 544. The van der Waals surface area contributed by atoms with Gasteiger partial charge in [-0.2, -0.15) is 13.2 Å². The molecule has 0 amide bonds. The highest BCUT2D eigenvalue weighted by atomic mass is 19.4. The first-order valence-corrected chi connectivity index (χ1v) is 5.03. The predicted octanol–water partition coefficient (Wildman–Crippen LogP) is 2.27. The van der Waals surface area contributed by atoms with E-state index in [-0.39, 0.29) is 12.5 Å². The van der Waals surface area contributed by atoms with Crippen molar-refractivity contribution in [1.29, 1.82) is 0 Å². The number of aromatic nitrogens is 3. The van der Waals surface area contributed by atoms with Crippen LogP contribution in [-0.2, 0) is 6.54 Å². The molecule has 0 radical (unpaired) electrons. The number of pyridine rings is 1. The third kappa shape index (κ3) is 2.48. The number of alkyl halides is 3. The van der Waals surface area contributed by atoms with Crippen LogP contribution in [0.3, 0.4) is 0 Å². The average molecular weight is 244 g/mol. The van der Waals surface area contributed by atoms with E-state index in [4.69, 9.17) is 5.73 Å². The van der Waals surface area contributed by atoms with Gasteiger partial charge in [0.15, 0.2) is 5.65 Å². The number of nitrogen functional groups attached to an aromatic ring is 1. The molecule has 0 saturated carbocycles. The van der Waals surface area contributed by atoms with Gasteiger partial charge in [-0.05, 0) is 19.1 Å². The van der Waals surface area contributed by atoms with Crippen LogP contribution in [0.25, 0.3) is 11.2 Å². The maximum Gasteiger partial charge on any atom is 0.390 e. The highest BCUT2D eigenvalue weighted by Crippen LogP contribution is 2.23. The fourth-order valence-corrected chi connectivity index (χ4v) is 1.57. The van der Waals surface area contributed by atoms with E-state index >= 15 is 0 Å². The minimum atomic E-state index is -4.22. The number of halogens is 3. The fraction of sp³-hybridized carbons (Fsp3) is 0.400. The summed E-state index contributed by atoms with van der Waals surface area (Å²) in [6.45, 7) is 1.50. The molecule has 2 rings (SSSR count). The van der Waals surface area contributed by atoms with E-state index < -0.39 is 12.6 Å². The van der Waals surface area contributed by atoms with Gasteiger partial charge in [0.1, 0.15) is 5.52 Å². The number of nitrogens with two attached hydrogens (primary N) is 1. The fourth-order valence-electron chi connectivity index (χ4n) is 1.57. The summed E-state index contributed by atoms with van der Waals surface area (Å²) in [6, 6.07) is 3.43. The number of aryl methyl sites for hydroxylation is 2. The molecule has 17 heavy (non-hydrogen) atoms. The molecule has 0 aliphatic carbocycles. The van der Waals surface area contributed by atoms with Crippen molar-refractivity contribution in [3.8, 4) is 0 Å². The van der Waals surface area contributed by atoms with Crippen LogP contribution in [0.2, 0.25) is 0 Å². The van der Waals surface area contributed by atoms with E-state index in [0.29, 0.717) is 16.9 Å². The molecule has 0 bridgehead atoms. The smallest absolute Gasteiger partial charge is 0.369 e. The zero-order chi connectivity index (χ0) is 12.6. The van der Waals surface area contributed by atoms with Gasteiger partial charge in [-0.25, -0.2) is 9.97 Å². The molecule has 0 spiro atoms. The van der Waals surface area contributed by atoms with Gasteiger partial charge in [-0.1, -0.05) is 0 Å². The van der Waals surface area contributed by atoms with Gasteiger partial charge in [0, 0.05) is 12.2 Å². The van der Waals surface area contributed by atoms with Crippen molar-refractivity contribution in [2.75, 3.05) is 5.73 Å². The van der Waals surface area contributed by atoms with Gasteiger partial charge in [0.2, 0.25) is 5.95 Å². The predicted molar refractivity (Wildman–Crippen MR) is 57.3 cm³/mol. The topological polar surface area (TPSA) is 56.7 Å². The summed E-state index contributed by atoms with van der Waals surface area (Å²) < 4.78 is 37.8. The first-order chi connectivity index (χ1) is 7.87.